The van der Waals surface area contributed by atoms with Crippen molar-refractivity contribution in [2.45, 2.75) is 77.7 Å². The molecular formula is C19H37NO4. The summed E-state index contributed by atoms with van der Waals surface area (Å²) in [6, 6.07) is 0. The predicted octanol–water partition coefficient (Wildman–Crippen LogP) is 2.52. The second-order valence-electron chi connectivity index (χ2n) is 7.80. The summed E-state index contributed by atoms with van der Waals surface area (Å²) in [5.41, 5.74) is 0. The molecule has 2 unspecified atom stereocenters. The Kier molecular flexibility index (Phi) is 11.7. The smallest absolute Gasteiger partial charge is 0.309 e. The molecule has 0 saturated heterocycles. The fourth-order valence-corrected chi connectivity index (χ4v) is 2.85. The molecule has 0 radical (unpaired) electrons. The highest BCUT2D eigenvalue weighted by molar-refractivity contribution is 5.73. The molecule has 0 amide bonds. The van der Waals surface area contributed by atoms with Crippen LogP contribution in [0.3, 0.4) is 0 Å². The first-order valence-corrected chi connectivity index (χ1v) is 9.40. The minimum Gasteiger partial charge on any atom is -0.550 e. The number of esters is 1. The first kappa shape index (κ1) is 22.9. The molecular weight excluding hydrogens is 306 g/mol. The third-order valence-corrected chi connectivity index (χ3v) is 4.07. The van der Waals surface area contributed by atoms with Crippen molar-refractivity contribution < 1.29 is 23.9 Å². The Morgan fingerprint density at radius 3 is 2.04 bits per heavy atom. The van der Waals surface area contributed by atoms with Gasteiger partial charge in [0, 0.05) is 12.4 Å². The summed E-state index contributed by atoms with van der Waals surface area (Å²) in [4.78, 5) is 23.5. The van der Waals surface area contributed by atoms with Gasteiger partial charge >= 0.3 is 5.97 Å². The summed E-state index contributed by atoms with van der Waals surface area (Å²) >= 11 is 0. The molecule has 0 aliphatic rings. The molecule has 0 bridgehead atoms. The molecule has 142 valence electrons. The van der Waals surface area contributed by atoms with E-state index in [2.05, 4.69) is 13.8 Å². The van der Waals surface area contributed by atoms with E-state index in [1.807, 2.05) is 21.1 Å². The Balaban J connectivity index is 4.71. The van der Waals surface area contributed by atoms with Gasteiger partial charge in [0.15, 0.2) is 6.10 Å². The number of ether oxygens (including phenoxy) is 1. The van der Waals surface area contributed by atoms with Crippen LogP contribution in [0.2, 0.25) is 0 Å². The first-order chi connectivity index (χ1) is 11.2. The molecule has 5 nitrogen and oxygen atoms in total. The van der Waals surface area contributed by atoms with Crippen LogP contribution in [0.15, 0.2) is 0 Å². The van der Waals surface area contributed by atoms with Gasteiger partial charge in [-0.2, -0.15) is 0 Å². The van der Waals surface area contributed by atoms with Crippen molar-refractivity contribution in [3.8, 4) is 0 Å². The minimum absolute atomic E-state index is 0.112. The maximum absolute atomic E-state index is 12.5. The predicted molar refractivity (Wildman–Crippen MR) is 94.2 cm³/mol. The largest absolute Gasteiger partial charge is 0.550 e. The molecule has 0 aromatic rings. The van der Waals surface area contributed by atoms with Crippen LogP contribution in [0.25, 0.3) is 0 Å². The monoisotopic (exact) mass is 343 g/mol. The molecule has 0 heterocycles. The van der Waals surface area contributed by atoms with Crippen molar-refractivity contribution in [2.75, 3.05) is 27.7 Å². The highest BCUT2D eigenvalue weighted by Gasteiger charge is 2.26. The Hall–Kier alpha value is -1.10. The lowest BCUT2D eigenvalue weighted by Gasteiger charge is -2.30. The van der Waals surface area contributed by atoms with E-state index in [0.29, 0.717) is 11.0 Å². The molecule has 24 heavy (non-hydrogen) atoms. The van der Waals surface area contributed by atoms with Gasteiger partial charge in [0.05, 0.1) is 27.1 Å². The molecule has 0 aromatic carbocycles. The van der Waals surface area contributed by atoms with E-state index in [1.165, 1.54) is 12.8 Å². The van der Waals surface area contributed by atoms with Crippen LogP contribution >= 0.6 is 0 Å². The molecule has 5 heteroatoms. The van der Waals surface area contributed by atoms with Crippen LogP contribution in [0.5, 0.6) is 0 Å². The Labute approximate surface area is 148 Å². The Morgan fingerprint density at radius 2 is 1.54 bits per heavy atom. The lowest BCUT2D eigenvalue weighted by Crippen LogP contribution is -2.45. The summed E-state index contributed by atoms with van der Waals surface area (Å²) in [6.45, 7) is 4.74. The number of hydrogen-bond acceptors (Lipinski definition) is 4. The van der Waals surface area contributed by atoms with Crippen molar-refractivity contribution in [1.29, 1.82) is 0 Å². The molecule has 0 saturated carbocycles. The third kappa shape index (κ3) is 12.3. The van der Waals surface area contributed by atoms with E-state index in [9.17, 15) is 14.7 Å². The van der Waals surface area contributed by atoms with Crippen LogP contribution < -0.4 is 5.11 Å². The molecule has 0 aliphatic heterocycles. The molecule has 0 spiro atoms. The van der Waals surface area contributed by atoms with Crippen LogP contribution in [0, 0.1) is 5.92 Å². The van der Waals surface area contributed by atoms with E-state index in [4.69, 9.17) is 4.74 Å². The number of carbonyl (C=O) groups excluding carboxylic acids is 2. The van der Waals surface area contributed by atoms with Gasteiger partial charge in [-0.25, -0.2) is 0 Å². The second kappa shape index (κ2) is 12.3. The van der Waals surface area contributed by atoms with Gasteiger partial charge in [0.2, 0.25) is 0 Å². The van der Waals surface area contributed by atoms with Crippen molar-refractivity contribution in [2.24, 2.45) is 5.92 Å². The number of aliphatic carboxylic acids is 1. The number of nitrogens with zero attached hydrogens (tertiary/aromatic N) is 1. The number of quaternary nitrogens is 1. The van der Waals surface area contributed by atoms with E-state index in [0.717, 1.165) is 38.5 Å². The quantitative estimate of drug-likeness (QED) is 0.276. The van der Waals surface area contributed by atoms with Crippen molar-refractivity contribution >= 4 is 11.9 Å². The molecule has 0 aliphatic carbocycles. The standard InChI is InChI=1S/C19H37NO4/c1-6-8-10-11-13-16(12-9-7-2)19(23)24-17(14-18(21)22)15-20(3,4)5/h16-17H,6-15H2,1-5H3. The number of carboxylic acids is 1. The molecule has 0 rings (SSSR count). The van der Waals surface area contributed by atoms with Gasteiger partial charge in [-0.1, -0.05) is 52.4 Å². The molecule has 2 atom stereocenters. The van der Waals surface area contributed by atoms with Crippen molar-refractivity contribution in [1.82, 2.24) is 0 Å². The van der Waals surface area contributed by atoms with Gasteiger partial charge in [0.1, 0.15) is 6.54 Å². The van der Waals surface area contributed by atoms with E-state index in [1.54, 1.807) is 0 Å². The molecule has 0 aromatic heterocycles. The number of carbonyl (C=O) groups is 2. The normalized spacial score (nSPS) is 14.2. The summed E-state index contributed by atoms with van der Waals surface area (Å²) in [5.74, 6) is -1.52. The van der Waals surface area contributed by atoms with Crippen LogP contribution in [0.4, 0.5) is 0 Å². The maximum atomic E-state index is 12.5. The van der Waals surface area contributed by atoms with Gasteiger partial charge in [-0.3, -0.25) is 4.79 Å². The van der Waals surface area contributed by atoms with Crippen LogP contribution in [0.1, 0.15) is 71.6 Å². The number of likely N-dealkylation sites (N-methyl/N-ethyl adjacent to an activating group) is 1. The van der Waals surface area contributed by atoms with Gasteiger partial charge in [-0.05, 0) is 12.8 Å². The molecule has 0 N–H and O–H groups in total. The number of hydrogen-bond donors (Lipinski definition) is 0. The average Bonchev–Trinajstić information content (AvgIpc) is 2.43. The average molecular weight is 344 g/mol. The second-order valence-corrected chi connectivity index (χ2v) is 7.80. The first-order valence-electron chi connectivity index (χ1n) is 9.40. The van der Waals surface area contributed by atoms with Crippen LogP contribution in [-0.4, -0.2) is 50.2 Å². The fraction of sp³-hybridized carbons (Fsp3) is 0.895. The Morgan fingerprint density at radius 1 is 0.958 bits per heavy atom. The highest BCUT2D eigenvalue weighted by Crippen LogP contribution is 2.20. The van der Waals surface area contributed by atoms with E-state index < -0.39 is 12.1 Å². The minimum atomic E-state index is -1.17. The van der Waals surface area contributed by atoms with Crippen molar-refractivity contribution in [3.63, 3.8) is 0 Å². The maximum Gasteiger partial charge on any atom is 0.309 e. The van der Waals surface area contributed by atoms with Crippen molar-refractivity contribution in [3.05, 3.63) is 0 Å². The van der Waals surface area contributed by atoms with Gasteiger partial charge < -0.3 is 19.1 Å². The lowest BCUT2D eigenvalue weighted by molar-refractivity contribution is -0.873. The molecule has 0 fully saturated rings. The zero-order valence-electron chi connectivity index (χ0n) is 16.3. The fourth-order valence-electron chi connectivity index (χ4n) is 2.85. The Bertz CT molecular complexity index is 363. The summed E-state index contributed by atoms with van der Waals surface area (Å²) in [5, 5.41) is 11.0. The number of carboxylic acid groups (broad SMARTS) is 1. The van der Waals surface area contributed by atoms with E-state index >= 15 is 0 Å². The SMILES string of the molecule is CCCCCCC(CCCC)C(=O)OC(CC(=O)[O-])C[N+](C)(C)C. The zero-order chi connectivity index (χ0) is 18.6. The highest BCUT2D eigenvalue weighted by atomic mass is 16.5. The van der Waals surface area contributed by atoms with E-state index in [-0.39, 0.29) is 18.3 Å². The number of unbranched alkanes of at least 4 members (excludes halogenated alkanes) is 4. The summed E-state index contributed by atoms with van der Waals surface area (Å²) in [6.07, 6.45) is 7.34. The third-order valence-electron chi connectivity index (χ3n) is 4.07. The number of rotatable bonds is 14. The zero-order valence-corrected chi connectivity index (χ0v) is 16.3. The summed E-state index contributed by atoms with van der Waals surface area (Å²) in [7, 11) is 5.86. The topological polar surface area (TPSA) is 66.4 Å². The lowest BCUT2D eigenvalue weighted by atomic mass is 9.95. The van der Waals surface area contributed by atoms with Crippen LogP contribution in [-0.2, 0) is 14.3 Å². The van der Waals surface area contributed by atoms with Gasteiger partial charge in [0.25, 0.3) is 0 Å². The van der Waals surface area contributed by atoms with Gasteiger partial charge in [-0.15, -0.1) is 0 Å². The summed E-state index contributed by atoms with van der Waals surface area (Å²) < 4.78 is 6.12.